The van der Waals surface area contributed by atoms with E-state index in [0.717, 1.165) is 70.9 Å². The van der Waals surface area contributed by atoms with Gasteiger partial charge in [-0.2, -0.15) is 0 Å². The minimum atomic E-state index is -0.165. The standard InChI is InChI=1S/C16H30N2O2/c1-2-7-16(8-3-9-17-13-16)15(19)18-10-4-11-20-12-14-5-6-14/h14,17H,2-13H2,1H3,(H,18,19). The molecular formula is C16H30N2O2. The van der Waals surface area contributed by atoms with Crippen molar-refractivity contribution in [1.29, 1.82) is 0 Å². The molecule has 4 nitrogen and oxygen atoms in total. The van der Waals surface area contributed by atoms with Gasteiger partial charge in [-0.05, 0) is 51.0 Å². The topological polar surface area (TPSA) is 50.4 Å². The fraction of sp³-hybridized carbons (Fsp3) is 0.938. The predicted molar refractivity (Wildman–Crippen MR) is 80.6 cm³/mol. The third kappa shape index (κ3) is 4.74. The van der Waals surface area contributed by atoms with Gasteiger partial charge in [-0.25, -0.2) is 0 Å². The van der Waals surface area contributed by atoms with Crippen molar-refractivity contribution in [3.63, 3.8) is 0 Å². The van der Waals surface area contributed by atoms with Crippen LogP contribution in [0.1, 0.15) is 51.9 Å². The molecule has 1 atom stereocenters. The summed E-state index contributed by atoms with van der Waals surface area (Å²) in [5, 5.41) is 6.51. The molecule has 0 aromatic carbocycles. The van der Waals surface area contributed by atoms with Crippen LogP contribution >= 0.6 is 0 Å². The summed E-state index contributed by atoms with van der Waals surface area (Å²) >= 11 is 0. The number of nitrogens with one attached hydrogen (secondary N) is 2. The first-order valence-electron chi connectivity index (χ1n) is 8.33. The summed E-state index contributed by atoms with van der Waals surface area (Å²) in [5.74, 6) is 1.07. The van der Waals surface area contributed by atoms with Crippen LogP contribution in [0.4, 0.5) is 0 Å². The van der Waals surface area contributed by atoms with Gasteiger partial charge < -0.3 is 15.4 Å². The van der Waals surface area contributed by atoms with Gasteiger partial charge >= 0.3 is 0 Å². The first kappa shape index (κ1) is 15.8. The molecule has 1 unspecified atom stereocenters. The molecule has 0 radical (unpaired) electrons. The van der Waals surface area contributed by atoms with E-state index in [1.165, 1.54) is 12.8 Å². The van der Waals surface area contributed by atoms with Crippen LogP contribution in [0.2, 0.25) is 0 Å². The Bertz CT molecular complexity index is 291. The van der Waals surface area contributed by atoms with Gasteiger partial charge in [0, 0.05) is 26.3 Å². The Morgan fingerprint density at radius 2 is 2.30 bits per heavy atom. The molecule has 2 N–H and O–H groups in total. The Labute approximate surface area is 123 Å². The van der Waals surface area contributed by atoms with E-state index in [4.69, 9.17) is 4.74 Å². The molecule has 1 heterocycles. The van der Waals surface area contributed by atoms with Crippen LogP contribution in [-0.2, 0) is 9.53 Å². The van der Waals surface area contributed by atoms with E-state index in [0.29, 0.717) is 0 Å². The van der Waals surface area contributed by atoms with Gasteiger partial charge in [0.15, 0.2) is 0 Å². The maximum absolute atomic E-state index is 12.5. The highest BCUT2D eigenvalue weighted by Crippen LogP contribution is 2.31. The van der Waals surface area contributed by atoms with Gasteiger partial charge in [0.1, 0.15) is 0 Å². The quantitative estimate of drug-likeness (QED) is 0.637. The first-order chi connectivity index (χ1) is 9.77. The van der Waals surface area contributed by atoms with Gasteiger partial charge in [-0.3, -0.25) is 4.79 Å². The van der Waals surface area contributed by atoms with Gasteiger partial charge in [0.2, 0.25) is 5.91 Å². The minimum Gasteiger partial charge on any atom is -0.381 e. The number of rotatable bonds is 9. The maximum atomic E-state index is 12.5. The van der Waals surface area contributed by atoms with Crippen molar-refractivity contribution in [3.05, 3.63) is 0 Å². The van der Waals surface area contributed by atoms with Crippen LogP contribution in [0.15, 0.2) is 0 Å². The number of piperidine rings is 1. The molecule has 116 valence electrons. The van der Waals surface area contributed by atoms with Crippen LogP contribution in [0, 0.1) is 11.3 Å². The third-order valence-corrected chi connectivity index (χ3v) is 4.48. The van der Waals surface area contributed by atoms with Gasteiger partial charge in [-0.15, -0.1) is 0 Å². The molecule has 1 amide bonds. The Balaban J connectivity index is 1.62. The van der Waals surface area contributed by atoms with Gasteiger partial charge in [0.25, 0.3) is 0 Å². The summed E-state index contributed by atoms with van der Waals surface area (Å²) in [6.07, 6.45) is 7.79. The van der Waals surface area contributed by atoms with Crippen molar-refractivity contribution in [2.45, 2.75) is 51.9 Å². The Kier molecular flexibility index (Phi) is 6.30. The van der Waals surface area contributed by atoms with E-state index in [1.807, 2.05) is 0 Å². The summed E-state index contributed by atoms with van der Waals surface area (Å²) in [6.45, 7) is 6.48. The van der Waals surface area contributed by atoms with Crippen LogP contribution in [-0.4, -0.2) is 38.8 Å². The normalized spacial score (nSPS) is 26.4. The smallest absolute Gasteiger partial charge is 0.227 e. The van der Waals surface area contributed by atoms with Crippen LogP contribution in [0.3, 0.4) is 0 Å². The zero-order chi connectivity index (χ0) is 14.3. The summed E-state index contributed by atoms with van der Waals surface area (Å²) in [5.41, 5.74) is -0.165. The summed E-state index contributed by atoms with van der Waals surface area (Å²) < 4.78 is 5.59. The Morgan fingerprint density at radius 3 is 2.95 bits per heavy atom. The molecule has 0 aromatic rings. The maximum Gasteiger partial charge on any atom is 0.227 e. The van der Waals surface area contributed by atoms with Crippen molar-refractivity contribution in [2.24, 2.45) is 11.3 Å². The zero-order valence-corrected chi connectivity index (χ0v) is 12.9. The van der Waals surface area contributed by atoms with Crippen molar-refractivity contribution >= 4 is 5.91 Å². The third-order valence-electron chi connectivity index (χ3n) is 4.48. The van der Waals surface area contributed by atoms with Gasteiger partial charge in [0.05, 0.1) is 5.41 Å². The molecule has 1 aliphatic heterocycles. The second kappa shape index (κ2) is 7.99. The Hall–Kier alpha value is -0.610. The largest absolute Gasteiger partial charge is 0.381 e. The monoisotopic (exact) mass is 282 g/mol. The molecule has 1 aliphatic carbocycles. The molecule has 20 heavy (non-hydrogen) atoms. The summed E-state index contributed by atoms with van der Waals surface area (Å²) in [6, 6.07) is 0. The first-order valence-corrected chi connectivity index (χ1v) is 8.33. The molecular weight excluding hydrogens is 252 g/mol. The lowest BCUT2D eigenvalue weighted by Gasteiger charge is -2.36. The molecule has 0 spiro atoms. The number of hydrogen-bond acceptors (Lipinski definition) is 3. The van der Waals surface area contributed by atoms with E-state index in [1.54, 1.807) is 0 Å². The highest BCUT2D eigenvalue weighted by Gasteiger charge is 2.38. The number of carbonyl (C=O) groups is 1. The fourth-order valence-electron chi connectivity index (χ4n) is 3.07. The number of carbonyl (C=O) groups excluding carboxylic acids is 1. The second-order valence-corrected chi connectivity index (χ2v) is 6.44. The number of amides is 1. The van der Waals surface area contributed by atoms with Crippen molar-refractivity contribution in [2.75, 3.05) is 32.8 Å². The average Bonchev–Trinajstić information content (AvgIpc) is 3.28. The van der Waals surface area contributed by atoms with Crippen LogP contribution in [0.25, 0.3) is 0 Å². The molecule has 2 fully saturated rings. The lowest BCUT2D eigenvalue weighted by molar-refractivity contribution is -0.132. The van der Waals surface area contributed by atoms with E-state index < -0.39 is 0 Å². The van der Waals surface area contributed by atoms with E-state index in [2.05, 4.69) is 17.6 Å². The lowest BCUT2D eigenvalue weighted by atomic mass is 9.76. The van der Waals surface area contributed by atoms with Crippen molar-refractivity contribution < 1.29 is 9.53 Å². The fourth-order valence-corrected chi connectivity index (χ4v) is 3.07. The highest BCUT2D eigenvalue weighted by molar-refractivity contribution is 5.83. The summed E-state index contributed by atoms with van der Waals surface area (Å²) in [4.78, 5) is 12.5. The minimum absolute atomic E-state index is 0.165. The van der Waals surface area contributed by atoms with Crippen LogP contribution < -0.4 is 10.6 Å². The molecule has 1 saturated heterocycles. The van der Waals surface area contributed by atoms with Crippen LogP contribution in [0.5, 0.6) is 0 Å². The molecule has 2 rings (SSSR count). The van der Waals surface area contributed by atoms with E-state index >= 15 is 0 Å². The van der Waals surface area contributed by atoms with Gasteiger partial charge in [-0.1, -0.05) is 13.3 Å². The molecule has 1 saturated carbocycles. The zero-order valence-electron chi connectivity index (χ0n) is 12.9. The average molecular weight is 282 g/mol. The van der Waals surface area contributed by atoms with E-state index in [9.17, 15) is 4.79 Å². The highest BCUT2D eigenvalue weighted by atomic mass is 16.5. The number of ether oxygens (including phenoxy) is 1. The van der Waals surface area contributed by atoms with Crippen molar-refractivity contribution in [1.82, 2.24) is 10.6 Å². The lowest BCUT2D eigenvalue weighted by Crippen LogP contribution is -2.50. The predicted octanol–water partition coefficient (Wildman–Crippen LogP) is 2.09. The van der Waals surface area contributed by atoms with Crippen molar-refractivity contribution in [3.8, 4) is 0 Å². The summed E-state index contributed by atoms with van der Waals surface area (Å²) in [7, 11) is 0. The molecule has 0 aromatic heterocycles. The second-order valence-electron chi connectivity index (χ2n) is 6.44. The SMILES string of the molecule is CCCC1(C(=O)NCCCOCC2CC2)CCCNC1. The molecule has 0 bridgehead atoms. The Morgan fingerprint density at radius 1 is 1.45 bits per heavy atom. The number of hydrogen-bond donors (Lipinski definition) is 2. The molecule has 2 aliphatic rings. The van der Waals surface area contributed by atoms with E-state index in [-0.39, 0.29) is 11.3 Å². The molecule has 4 heteroatoms.